The number of unbranched alkanes of at least 4 members (excludes halogenated alkanes) is 1. The second-order valence-electron chi connectivity index (χ2n) is 31.5. The molecule has 2 aliphatic rings. The molecule has 2 saturated heterocycles. The number of imidazole rings is 1. The van der Waals surface area contributed by atoms with Crippen molar-refractivity contribution in [1.82, 2.24) is 98.0 Å². The third kappa shape index (κ3) is 29.3. The van der Waals surface area contributed by atoms with Crippen LogP contribution < -0.4 is 81.4 Å². The van der Waals surface area contributed by atoms with E-state index < -0.39 is 205 Å². The van der Waals surface area contributed by atoms with Crippen LogP contribution in [0.25, 0.3) is 21.8 Å². The second kappa shape index (κ2) is 50.0. The molecule has 13 atom stereocenters. The molecule has 3 aromatic carbocycles. The van der Waals surface area contributed by atoms with Crippen LogP contribution in [0.2, 0.25) is 0 Å². The van der Waals surface area contributed by atoms with Gasteiger partial charge in [0.05, 0.1) is 44.3 Å². The van der Waals surface area contributed by atoms with Crippen LogP contribution >= 0.6 is 23.5 Å². The molecule has 45 heteroatoms. The molecule has 0 radical (unpaired) electrons. The van der Waals surface area contributed by atoms with Gasteiger partial charge < -0.3 is 131 Å². The van der Waals surface area contributed by atoms with Gasteiger partial charge in [-0.25, -0.2) is 4.98 Å². The number of aromatic amines is 3. The van der Waals surface area contributed by atoms with Gasteiger partial charge in [0.1, 0.15) is 78.3 Å². The van der Waals surface area contributed by atoms with Gasteiger partial charge >= 0.3 is 0 Å². The first-order valence-corrected chi connectivity index (χ1v) is 44.8. The molecule has 8 rings (SSSR count). The number of aliphatic hydroxyl groups is 2. The molecule has 26 N–H and O–H groups in total. The number of aliphatic hydroxyl groups excluding tert-OH is 2. The zero-order valence-corrected chi connectivity index (χ0v) is 74.1. The number of thioether (sulfide) groups is 2. The topological polar surface area (TPSA) is 667 Å². The number of amides is 16. The number of aromatic hydroxyl groups is 1. The van der Waals surface area contributed by atoms with E-state index in [0.717, 1.165) is 26.5 Å². The Morgan fingerprint density at radius 3 is 1.66 bits per heavy atom. The fraction of sp³-hybridized carbons (Fsp3) is 0.500. The number of carbonyl (C=O) groups is 16. The van der Waals surface area contributed by atoms with Crippen LogP contribution in [-0.4, -0.2) is 318 Å². The number of hydrogen-bond donors (Lipinski definition) is 22. The van der Waals surface area contributed by atoms with Gasteiger partial charge in [0.15, 0.2) is 5.96 Å². The van der Waals surface area contributed by atoms with Crippen molar-refractivity contribution in [2.24, 2.45) is 22.9 Å². The summed E-state index contributed by atoms with van der Waals surface area (Å²) in [6, 6.07) is 1.28. The number of nitrogens with zero attached hydrogens (tertiary/aromatic N) is 5. The van der Waals surface area contributed by atoms with E-state index in [2.05, 4.69) is 78.4 Å². The summed E-state index contributed by atoms with van der Waals surface area (Å²) in [5.41, 5.74) is 25.5. The van der Waals surface area contributed by atoms with Crippen molar-refractivity contribution < 1.29 is 92.0 Å². The van der Waals surface area contributed by atoms with Crippen molar-refractivity contribution in [2.75, 3.05) is 84.1 Å². The highest BCUT2D eigenvalue weighted by Gasteiger charge is 2.44. The number of rotatable bonds is 51. The Morgan fingerprint density at radius 1 is 0.566 bits per heavy atom. The number of phenols is 1. The van der Waals surface area contributed by atoms with Crippen LogP contribution in [0.4, 0.5) is 0 Å². The van der Waals surface area contributed by atoms with E-state index >= 15 is 24.0 Å². The molecule has 5 heterocycles. The van der Waals surface area contributed by atoms with Gasteiger partial charge in [-0.3, -0.25) is 82.1 Å². The first-order chi connectivity index (χ1) is 61.7. The van der Waals surface area contributed by atoms with Crippen LogP contribution in [-0.2, 0) is 102 Å². The Labute approximate surface area is 752 Å². The normalized spacial score (nSPS) is 16.2. The highest BCUT2D eigenvalue weighted by molar-refractivity contribution is 8.00. The average molecular weight is 1830 g/mol. The summed E-state index contributed by atoms with van der Waals surface area (Å²) in [6.45, 7) is -0.849. The van der Waals surface area contributed by atoms with E-state index in [9.17, 15) is 68.1 Å². The Balaban J connectivity index is 1.01. The molecule has 16 amide bonds. The number of phenolic OH excluding ortho intramolecular Hbond substituents is 1. The van der Waals surface area contributed by atoms with E-state index in [4.69, 9.17) is 28.3 Å². The summed E-state index contributed by atoms with van der Waals surface area (Å²) >= 11 is 2.21. The minimum Gasteiger partial charge on any atom is -0.508 e. The number of H-pyrrole nitrogens is 3. The molecule has 2 aliphatic heterocycles. The Bertz CT molecular complexity index is 4920. The van der Waals surface area contributed by atoms with Gasteiger partial charge in [0.2, 0.25) is 94.5 Å². The lowest BCUT2D eigenvalue weighted by molar-refractivity contribution is -0.149. The summed E-state index contributed by atoms with van der Waals surface area (Å²) in [6.07, 6.45) is 8.04. The van der Waals surface area contributed by atoms with Crippen molar-refractivity contribution in [1.29, 1.82) is 5.41 Å². The molecule has 3 aromatic heterocycles. The van der Waals surface area contributed by atoms with Crippen molar-refractivity contribution in [3.05, 3.63) is 120 Å². The average Bonchev–Trinajstić information content (AvgIpc) is 1.67. The van der Waals surface area contributed by atoms with E-state index in [1.54, 1.807) is 79.3 Å². The number of nitrogens with one attached hydrogen (secondary N) is 15. The quantitative estimate of drug-likeness (QED) is 0.00970. The largest absolute Gasteiger partial charge is 0.508 e. The molecule has 43 nitrogen and oxygen atoms in total. The monoisotopic (exact) mass is 1830 g/mol. The number of para-hydroxylation sites is 2. The van der Waals surface area contributed by atoms with Gasteiger partial charge in [0, 0.05) is 118 Å². The number of nitrogens with two attached hydrogens (primary N) is 4. The third-order valence-corrected chi connectivity index (χ3v) is 23.9. The minimum absolute atomic E-state index is 0.00364. The number of carbonyl (C=O) groups excluding carboxylic acids is 16. The molecule has 0 aliphatic carbocycles. The van der Waals surface area contributed by atoms with Crippen LogP contribution in [0.3, 0.4) is 0 Å². The van der Waals surface area contributed by atoms with Crippen LogP contribution in [0.1, 0.15) is 99.9 Å². The molecule has 0 bridgehead atoms. The van der Waals surface area contributed by atoms with Crippen molar-refractivity contribution in [3.8, 4) is 5.75 Å². The maximum atomic E-state index is 15.7. The molecule has 1 unspecified atom stereocenters. The standard InChI is InChI=1S/C84H118N24O19S2/c1-6-7-20-64(77(121)98-56(19-12-28-92-84(88)89)73(117)104-63(72(116)95-40-69(87)113)43-129-44-70(114)97-57(71(115)90-2)32-46-23-25-50(111)26-24-46)105(3)83(127)67(27-31-128-5)106(4)81(125)60(34-48-38-94-55-18-11-9-16-52(48)55)101-76(120)61(41-109)102-74(118)58(33-47-37-93-54-17-10-8-15-51(47)54)99-79(123)66-22-14-30-108(66)82(126)62(42-110)103-75(119)59(35-49-39-91-45-96-49)100-78(122)65-21-13-29-107(65)80(124)53(85)36-68(86)112/h8-11,15-18,23-26,37-39,45,53,56-67,93-94,109-111H,6-7,12-14,19-22,27-36,40-44,85H2,1-5H3,(H2,86,112)(H2,87,113)(H,90,115)(H,91,96)(H,95,116)(H,97,114)(H,98,121)(H,99,123)(H,100,122)(H,101,120)(H,102,118)(H,103,119)(H,104,117)(H4,88,89,92)/t53-,56-,57-,58-,59-,60-,61-,62-,63?,64-,65-,66-,67-/m0/s1. The molecule has 129 heavy (non-hydrogen) atoms. The van der Waals surface area contributed by atoms with Crippen LogP contribution in [0.5, 0.6) is 5.75 Å². The van der Waals surface area contributed by atoms with E-state index in [1.165, 1.54) is 62.5 Å². The zero-order valence-electron chi connectivity index (χ0n) is 72.4. The summed E-state index contributed by atoms with van der Waals surface area (Å²) in [4.78, 5) is 244. The molecule has 0 spiro atoms. The number of aromatic nitrogens is 4. The van der Waals surface area contributed by atoms with Crippen LogP contribution in [0.15, 0.2) is 97.7 Å². The predicted molar refractivity (Wildman–Crippen MR) is 477 cm³/mol. The van der Waals surface area contributed by atoms with Gasteiger partial charge in [0.25, 0.3) is 0 Å². The highest BCUT2D eigenvalue weighted by Crippen LogP contribution is 2.27. The predicted octanol–water partition coefficient (Wildman–Crippen LogP) is -4.66. The molecular weight excluding hydrogens is 1710 g/mol. The SMILES string of the molecule is CCCC[C@@H](C(=O)N[C@@H](CCCNC(=N)N)C(=O)NC(CSCC(=O)N[C@@H](Cc1ccc(O)cc1)C(=O)NC)C(=O)NCC(N)=O)N(C)C(=O)[C@H](CCSC)N(C)C(=O)[C@H](Cc1c[nH]c2ccccc12)NC(=O)[C@H](CO)NC(=O)[C@H](Cc1c[nH]c2ccccc12)NC(=O)[C@@H]1CCCN1C(=O)[C@H](CO)NC(=O)[C@H](Cc1cnc[nH]1)NC(=O)[C@@H]1CCCN1C(=O)[C@@H](N)CC(N)=O. The van der Waals surface area contributed by atoms with Gasteiger partial charge in [-0.05, 0) is 104 Å². The van der Waals surface area contributed by atoms with E-state index in [1.807, 2.05) is 6.92 Å². The lowest BCUT2D eigenvalue weighted by Gasteiger charge is -2.36. The number of likely N-dealkylation sites (tertiary alicyclic amines) is 2. The number of benzene rings is 3. The second-order valence-corrected chi connectivity index (χ2v) is 33.5. The Morgan fingerprint density at radius 2 is 1.10 bits per heavy atom. The molecule has 0 saturated carbocycles. The van der Waals surface area contributed by atoms with Crippen molar-refractivity contribution >= 4 is 146 Å². The summed E-state index contributed by atoms with van der Waals surface area (Å²) in [5.74, 6) is -14.4. The number of likely N-dealkylation sites (N-methyl/N-ethyl adjacent to an activating group) is 3. The maximum Gasteiger partial charge on any atom is 0.248 e. The smallest absolute Gasteiger partial charge is 0.248 e. The molecule has 6 aromatic rings. The lowest BCUT2D eigenvalue weighted by Crippen LogP contribution is -2.62. The van der Waals surface area contributed by atoms with Gasteiger partial charge in [-0.15, -0.1) is 11.8 Å². The van der Waals surface area contributed by atoms with Crippen molar-refractivity contribution in [3.63, 3.8) is 0 Å². The van der Waals surface area contributed by atoms with E-state index in [-0.39, 0.29) is 113 Å². The first kappa shape index (κ1) is 102. The van der Waals surface area contributed by atoms with Gasteiger partial charge in [-0.1, -0.05) is 68.3 Å². The molecule has 2 fully saturated rings. The minimum atomic E-state index is -1.87. The number of hydrogen-bond acceptors (Lipinski definition) is 24. The Hall–Kier alpha value is -12.9. The summed E-state index contributed by atoms with van der Waals surface area (Å²) < 4.78 is 0. The fourth-order valence-corrected chi connectivity index (χ4v) is 16.6. The van der Waals surface area contributed by atoms with Gasteiger partial charge in [-0.2, -0.15) is 11.8 Å². The fourth-order valence-electron chi connectivity index (χ4n) is 15.3. The molecule has 700 valence electrons. The third-order valence-electron chi connectivity index (χ3n) is 22.2. The number of guanidine groups is 1. The number of primary amides is 2. The number of fused-ring (bicyclic) bond motifs is 2. The Kier molecular flexibility index (Phi) is 39.4. The summed E-state index contributed by atoms with van der Waals surface area (Å²) in [5, 5.41) is 69.5. The lowest BCUT2D eigenvalue weighted by atomic mass is 10.0. The zero-order chi connectivity index (χ0) is 94.1. The maximum absolute atomic E-state index is 15.7. The molecular formula is C84H118N24O19S2. The van der Waals surface area contributed by atoms with E-state index in [0.29, 0.717) is 63.5 Å². The summed E-state index contributed by atoms with van der Waals surface area (Å²) in [7, 11) is 4.07. The first-order valence-electron chi connectivity index (χ1n) is 42.3. The highest BCUT2D eigenvalue weighted by atomic mass is 32.2. The van der Waals surface area contributed by atoms with Crippen LogP contribution in [0, 0.1) is 5.41 Å². The van der Waals surface area contributed by atoms with Crippen molar-refractivity contribution in [2.45, 2.75) is 182 Å².